The molecule has 0 spiro atoms. The smallest absolute Gasteiger partial charge is 0.410 e. The van der Waals surface area contributed by atoms with Gasteiger partial charge in [-0.25, -0.2) is 9.59 Å². The fourth-order valence-electron chi connectivity index (χ4n) is 4.06. The lowest BCUT2D eigenvalue weighted by atomic mass is 10.0. The van der Waals surface area contributed by atoms with Crippen molar-refractivity contribution >= 4 is 23.6 Å². The van der Waals surface area contributed by atoms with E-state index in [0.717, 1.165) is 35.1 Å². The van der Waals surface area contributed by atoms with Gasteiger partial charge in [0.15, 0.2) is 0 Å². The number of carbonyl (C=O) groups excluding carboxylic acids is 2. The quantitative estimate of drug-likeness (QED) is 0.264. The predicted octanol–water partition coefficient (Wildman–Crippen LogP) is 7.62. The van der Waals surface area contributed by atoms with E-state index in [0.29, 0.717) is 29.3 Å². The van der Waals surface area contributed by atoms with Gasteiger partial charge in [0.05, 0.1) is 0 Å². The first kappa shape index (κ1) is 25.5. The minimum Gasteiger partial charge on any atom is -0.410 e. The Morgan fingerprint density at radius 2 is 0.892 bits per heavy atom. The minimum atomic E-state index is -0.557. The summed E-state index contributed by atoms with van der Waals surface area (Å²) in [5.74, 6) is 1.08. The van der Waals surface area contributed by atoms with Crippen molar-refractivity contribution in [3.63, 3.8) is 0 Å². The maximum Gasteiger partial charge on any atom is 0.417 e. The Labute approximate surface area is 217 Å². The third kappa shape index (κ3) is 6.76. The van der Waals surface area contributed by atoms with E-state index in [-0.39, 0.29) is 0 Å². The SMILES string of the molecule is CCc1ccccc1OC(=O)Nc1ccccc1Cc1ccccc1NC(=O)Oc1ccccc1CC. The van der Waals surface area contributed by atoms with E-state index in [4.69, 9.17) is 9.47 Å². The van der Waals surface area contributed by atoms with Gasteiger partial charge in [-0.3, -0.25) is 10.6 Å². The number of ether oxygens (including phenoxy) is 2. The second-order valence-electron chi connectivity index (χ2n) is 8.44. The van der Waals surface area contributed by atoms with Crippen LogP contribution in [0.2, 0.25) is 0 Å². The number of nitrogens with one attached hydrogen (secondary N) is 2. The second-order valence-corrected chi connectivity index (χ2v) is 8.44. The summed E-state index contributed by atoms with van der Waals surface area (Å²) in [6.45, 7) is 4.03. The molecular formula is C31H30N2O4. The Hall–Kier alpha value is -4.58. The molecule has 6 nitrogen and oxygen atoms in total. The fourth-order valence-corrected chi connectivity index (χ4v) is 4.06. The van der Waals surface area contributed by atoms with E-state index in [9.17, 15) is 9.59 Å². The highest BCUT2D eigenvalue weighted by atomic mass is 16.6. The Morgan fingerprint density at radius 1 is 0.541 bits per heavy atom. The van der Waals surface area contributed by atoms with E-state index in [1.807, 2.05) is 98.8 Å². The highest BCUT2D eigenvalue weighted by molar-refractivity contribution is 5.89. The zero-order valence-corrected chi connectivity index (χ0v) is 21.0. The second kappa shape index (κ2) is 12.4. The Morgan fingerprint density at radius 3 is 1.30 bits per heavy atom. The summed E-state index contributed by atoms with van der Waals surface area (Å²) in [5.41, 5.74) is 4.94. The highest BCUT2D eigenvalue weighted by Gasteiger charge is 2.14. The number of para-hydroxylation sites is 4. The normalized spacial score (nSPS) is 10.4. The lowest BCUT2D eigenvalue weighted by Gasteiger charge is -2.15. The molecule has 4 rings (SSSR count). The first-order chi connectivity index (χ1) is 18.1. The predicted molar refractivity (Wildman–Crippen MR) is 147 cm³/mol. The van der Waals surface area contributed by atoms with Crippen molar-refractivity contribution in [2.45, 2.75) is 33.1 Å². The molecule has 0 aromatic heterocycles. The molecule has 4 aromatic rings. The maximum atomic E-state index is 12.7. The molecule has 0 aliphatic carbocycles. The van der Waals surface area contributed by atoms with Gasteiger partial charge in [-0.05, 0) is 59.4 Å². The molecule has 2 N–H and O–H groups in total. The van der Waals surface area contributed by atoms with Crippen molar-refractivity contribution in [2.75, 3.05) is 10.6 Å². The van der Waals surface area contributed by atoms with Crippen LogP contribution in [0.15, 0.2) is 97.1 Å². The molecule has 4 aromatic carbocycles. The van der Waals surface area contributed by atoms with Crippen molar-refractivity contribution < 1.29 is 19.1 Å². The van der Waals surface area contributed by atoms with Crippen molar-refractivity contribution in [3.8, 4) is 11.5 Å². The number of anilines is 2. The van der Waals surface area contributed by atoms with Crippen LogP contribution in [0.5, 0.6) is 11.5 Å². The maximum absolute atomic E-state index is 12.7. The molecule has 0 atom stereocenters. The molecule has 0 aliphatic rings. The third-order valence-electron chi connectivity index (χ3n) is 6.00. The highest BCUT2D eigenvalue weighted by Crippen LogP contribution is 2.26. The van der Waals surface area contributed by atoms with Gasteiger partial charge < -0.3 is 9.47 Å². The van der Waals surface area contributed by atoms with Gasteiger partial charge >= 0.3 is 12.2 Å². The third-order valence-corrected chi connectivity index (χ3v) is 6.00. The van der Waals surface area contributed by atoms with Crippen molar-refractivity contribution in [1.29, 1.82) is 0 Å². The number of benzene rings is 4. The number of hydrogen-bond acceptors (Lipinski definition) is 4. The molecule has 0 bridgehead atoms. The topological polar surface area (TPSA) is 76.7 Å². The molecule has 0 saturated heterocycles. The summed E-state index contributed by atoms with van der Waals surface area (Å²) < 4.78 is 11.1. The molecule has 0 unspecified atom stereocenters. The molecule has 37 heavy (non-hydrogen) atoms. The zero-order valence-electron chi connectivity index (χ0n) is 21.0. The average Bonchev–Trinajstić information content (AvgIpc) is 2.91. The van der Waals surface area contributed by atoms with Gasteiger partial charge in [0, 0.05) is 17.8 Å². The molecule has 188 valence electrons. The van der Waals surface area contributed by atoms with Gasteiger partial charge in [0.2, 0.25) is 0 Å². The van der Waals surface area contributed by atoms with E-state index in [1.165, 1.54) is 0 Å². The molecule has 6 heteroatoms. The Kier molecular flexibility index (Phi) is 8.55. The van der Waals surface area contributed by atoms with Gasteiger partial charge in [0.1, 0.15) is 11.5 Å². The van der Waals surface area contributed by atoms with Crippen LogP contribution in [-0.4, -0.2) is 12.2 Å². The van der Waals surface area contributed by atoms with Crippen LogP contribution in [0.4, 0.5) is 21.0 Å². The number of aryl methyl sites for hydroxylation is 2. The van der Waals surface area contributed by atoms with Crippen LogP contribution >= 0.6 is 0 Å². The van der Waals surface area contributed by atoms with Crippen LogP contribution < -0.4 is 20.1 Å². The summed E-state index contributed by atoms with van der Waals surface area (Å²) in [6, 6.07) is 30.0. The standard InChI is InChI=1S/C31H30N2O4/c1-3-22-13-7-11-19-28(22)36-30(34)32-26-17-9-5-15-24(26)21-25-16-6-10-18-27(25)33-31(35)37-29-20-12-8-14-23(29)4-2/h5-20H,3-4,21H2,1-2H3,(H,32,34)(H,33,35). The number of amides is 2. The van der Waals surface area contributed by atoms with Crippen LogP contribution in [-0.2, 0) is 19.3 Å². The van der Waals surface area contributed by atoms with Gasteiger partial charge in [0.25, 0.3) is 0 Å². The van der Waals surface area contributed by atoms with Crippen molar-refractivity contribution in [1.82, 2.24) is 0 Å². The average molecular weight is 495 g/mol. The summed E-state index contributed by atoms with van der Waals surface area (Å²) in [6.07, 6.45) is 0.882. The number of carbonyl (C=O) groups is 2. The Bertz CT molecular complexity index is 1280. The molecule has 0 radical (unpaired) electrons. The van der Waals surface area contributed by atoms with Gasteiger partial charge in [-0.2, -0.15) is 0 Å². The van der Waals surface area contributed by atoms with Gasteiger partial charge in [-0.15, -0.1) is 0 Å². The van der Waals surface area contributed by atoms with E-state index in [1.54, 1.807) is 12.1 Å². The summed E-state index contributed by atoms with van der Waals surface area (Å²) in [4.78, 5) is 25.4. The van der Waals surface area contributed by atoms with E-state index < -0.39 is 12.2 Å². The lowest BCUT2D eigenvalue weighted by molar-refractivity contribution is 0.213. The zero-order chi connectivity index (χ0) is 26.0. The first-order valence-corrected chi connectivity index (χ1v) is 12.4. The largest absolute Gasteiger partial charge is 0.417 e. The van der Waals surface area contributed by atoms with Crippen LogP contribution in [0.25, 0.3) is 0 Å². The number of hydrogen-bond donors (Lipinski definition) is 2. The fraction of sp³-hybridized carbons (Fsp3) is 0.161. The number of rotatable bonds is 8. The molecule has 0 fully saturated rings. The van der Waals surface area contributed by atoms with Gasteiger partial charge in [-0.1, -0.05) is 86.6 Å². The van der Waals surface area contributed by atoms with E-state index in [2.05, 4.69) is 10.6 Å². The first-order valence-electron chi connectivity index (χ1n) is 12.4. The van der Waals surface area contributed by atoms with Crippen LogP contribution in [0, 0.1) is 0 Å². The van der Waals surface area contributed by atoms with Crippen molar-refractivity contribution in [3.05, 3.63) is 119 Å². The van der Waals surface area contributed by atoms with Crippen LogP contribution in [0.1, 0.15) is 36.1 Å². The molecule has 0 heterocycles. The lowest BCUT2D eigenvalue weighted by Crippen LogP contribution is -2.19. The summed E-state index contributed by atoms with van der Waals surface area (Å²) >= 11 is 0. The summed E-state index contributed by atoms with van der Waals surface area (Å²) in [5, 5.41) is 5.73. The Balaban J connectivity index is 1.47. The van der Waals surface area contributed by atoms with Crippen LogP contribution in [0.3, 0.4) is 0 Å². The molecule has 2 amide bonds. The minimum absolute atomic E-state index is 0.476. The molecule has 0 saturated carbocycles. The van der Waals surface area contributed by atoms with Crippen molar-refractivity contribution in [2.24, 2.45) is 0 Å². The monoisotopic (exact) mass is 494 g/mol. The molecular weight excluding hydrogens is 464 g/mol. The van der Waals surface area contributed by atoms with E-state index >= 15 is 0 Å². The summed E-state index contributed by atoms with van der Waals surface area (Å²) in [7, 11) is 0. The molecule has 0 aliphatic heterocycles.